The van der Waals surface area contributed by atoms with Crippen molar-refractivity contribution in [3.05, 3.63) is 60.1 Å². The Bertz CT molecular complexity index is 677. The van der Waals surface area contributed by atoms with E-state index in [4.69, 9.17) is 4.42 Å². The van der Waals surface area contributed by atoms with E-state index in [0.717, 1.165) is 51.0 Å². The van der Waals surface area contributed by atoms with E-state index >= 15 is 0 Å². The number of amides is 1. The summed E-state index contributed by atoms with van der Waals surface area (Å²) in [6, 6.07) is 12.2. The molecule has 1 atom stereocenters. The van der Waals surface area contributed by atoms with Crippen molar-refractivity contribution < 1.29 is 9.21 Å². The number of hydrogen-bond donors (Lipinski definition) is 1. The fourth-order valence-corrected chi connectivity index (χ4v) is 3.80. The van der Waals surface area contributed by atoms with Crippen LogP contribution in [0.5, 0.6) is 0 Å². The smallest absolute Gasteiger partial charge is 0.230 e. The summed E-state index contributed by atoms with van der Waals surface area (Å²) < 4.78 is 5.13. The van der Waals surface area contributed by atoms with Gasteiger partial charge in [0.15, 0.2) is 0 Å². The molecule has 2 aromatic rings. The fraction of sp³-hybridized carbons (Fsp3) is 0.450. The number of carbonyl (C=O) groups is 1. The molecule has 126 valence electrons. The molecule has 1 amide bonds. The van der Waals surface area contributed by atoms with Crippen molar-refractivity contribution in [3.8, 4) is 0 Å². The van der Waals surface area contributed by atoms with E-state index in [1.54, 1.807) is 6.26 Å². The molecule has 0 bridgehead atoms. The summed E-state index contributed by atoms with van der Waals surface area (Å²) in [5.74, 6) is 0.759. The molecule has 1 aromatic carbocycles. The predicted molar refractivity (Wildman–Crippen MR) is 92.5 cm³/mol. The van der Waals surface area contributed by atoms with Gasteiger partial charge in [0.05, 0.1) is 17.9 Å². The quantitative estimate of drug-likeness (QED) is 0.888. The summed E-state index contributed by atoms with van der Waals surface area (Å²) in [6.45, 7) is 3.86. The SMILES string of the molecule is O=C(NC[C@H]1CCN(Cc2ccoc2)C1)C1(c2ccccc2)CC1. The lowest BCUT2D eigenvalue weighted by molar-refractivity contribution is -0.123. The van der Waals surface area contributed by atoms with Crippen molar-refractivity contribution in [1.82, 2.24) is 10.2 Å². The lowest BCUT2D eigenvalue weighted by atomic mass is 9.95. The largest absolute Gasteiger partial charge is 0.472 e. The molecule has 1 saturated heterocycles. The Balaban J connectivity index is 1.28. The maximum absolute atomic E-state index is 12.7. The average molecular weight is 324 g/mol. The van der Waals surface area contributed by atoms with Crippen molar-refractivity contribution >= 4 is 5.91 Å². The molecule has 2 fully saturated rings. The first-order valence-electron chi connectivity index (χ1n) is 8.83. The van der Waals surface area contributed by atoms with Crippen LogP contribution in [0.3, 0.4) is 0 Å². The topological polar surface area (TPSA) is 45.5 Å². The lowest BCUT2D eigenvalue weighted by Gasteiger charge is -2.18. The van der Waals surface area contributed by atoms with Crippen molar-refractivity contribution in [2.45, 2.75) is 31.2 Å². The van der Waals surface area contributed by atoms with Gasteiger partial charge in [-0.3, -0.25) is 9.69 Å². The lowest BCUT2D eigenvalue weighted by Crippen LogP contribution is -2.38. The van der Waals surface area contributed by atoms with Gasteiger partial charge in [0.25, 0.3) is 0 Å². The van der Waals surface area contributed by atoms with E-state index in [9.17, 15) is 4.79 Å². The summed E-state index contributed by atoms with van der Waals surface area (Å²) in [4.78, 5) is 15.1. The van der Waals surface area contributed by atoms with Crippen LogP contribution in [0.4, 0.5) is 0 Å². The van der Waals surface area contributed by atoms with Crippen molar-refractivity contribution in [2.24, 2.45) is 5.92 Å². The van der Waals surface area contributed by atoms with E-state index in [1.165, 1.54) is 5.56 Å². The minimum atomic E-state index is -0.254. The standard InChI is InChI=1S/C20H24N2O2/c23-19(20(8-9-20)18-4-2-1-3-5-18)21-12-16-6-10-22(13-16)14-17-7-11-24-15-17/h1-5,7,11,15-16H,6,8-10,12-14H2,(H,21,23)/t16-/m1/s1. The highest BCUT2D eigenvalue weighted by Crippen LogP contribution is 2.48. The highest BCUT2D eigenvalue weighted by atomic mass is 16.3. The summed E-state index contributed by atoms with van der Waals surface area (Å²) >= 11 is 0. The van der Waals surface area contributed by atoms with Crippen LogP contribution in [-0.2, 0) is 16.8 Å². The molecule has 1 aliphatic heterocycles. The van der Waals surface area contributed by atoms with E-state index in [2.05, 4.69) is 22.3 Å². The van der Waals surface area contributed by atoms with Crippen molar-refractivity contribution in [3.63, 3.8) is 0 Å². The number of benzene rings is 1. The van der Waals surface area contributed by atoms with Gasteiger partial charge in [-0.1, -0.05) is 30.3 Å². The van der Waals surface area contributed by atoms with Gasteiger partial charge in [-0.2, -0.15) is 0 Å². The van der Waals surface area contributed by atoms with Gasteiger partial charge >= 0.3 is 0 Å². The van der Waals surface area contributed by atoms with Gasteiger partial charge in [-0.25, -0.2) is 0 Å². The molecule has 24 heavy (non-hydrogen) atoms. The molecule has 1 saturated carbocycles. The van der Waals surface area contributed by atoms with Gasteiger partial charge in [0.1, 0.15) is 0 Å². The Morgan fingerprint density at radius 2 is 2.08 bits per heavy atom. The van der Waals surface area contributed by atoms with E-state index in [1.807, 2.05) is 30.5 Å². The molecular weight excluding hydrogens is 300 g/mol. The van der Waals surface area contributed by atoms with Crippen molar-refractivity contribution in [1.29, 1.82) is 0 Å². The highest BCUT2D eigenvalue weighted by Gasteiger charge is 2.51. The maximum Gasteiger partial charge on any atom is 0.230 e. The summed E-state index contributed by atoms with van der Waals surface area (Å²) in [5, 5.41) is 3.22. The summed E-state index contributed by atoms with van der Waals surface area (Å²) in [6.07, 6.45) is 6.63. The number of furan rings is 1. The molecule has 4 rings (SSSR count). The van der Waals surface area contributed by atoms with Crippen LogP contribution in [0.2, 0.25) is 0 Å². The van der Waals surface area contributed by atoms with Crippen LogP contribution in [-0.4, -0.2) is 30.4 Å². The Morgan fingerprint density at radius 1 is 1.25 bits per heavy atom. The van der Waals surface area contributed by atoms with Gasteiger partial charge in [0, 0.05) is 25.2 Å². The second kappa shape index (κ2) is 6.44. The first-order chi connectivity index (χ1) is 11.8. The normalized spacial score (nSPS) is 22.4. The number of likely N-dealkylation sites (tertiary alicyclic amines) is 1. The molecule has 0 unspecified atom stereocenters. The molecule has 4 heteroatoms. The molecule has 4 nitrogen and oxygen atoms in total. The third-order valence-electron chi connectivity index (χ3n) is 5.42. The zero-order chi connectivity index (χ0) is 16.4. The minimum absolute atomic E-state index is 0.210. The van der Waals surface area contributed by atoms with Gasteiger partial charge in [0.2, 0.25) is 5.91 Å². The fourth-order valence-electron chi connectivity index (χ4n) is 3.80. The maximum atomic E-state index is 12.7. The van der Waals surface area contributed by atoms with Gasteiger partial charge in [-0.05, 0) is 43.4 Å². The molecule has 1 aliphatic carbocycles. The highest BCUT2D eigenvalue weighted by molar-refractivity contribution is 5.91. The number of nitrogens with one attached hydrogen (secondary N) is 1. The number of rotatable bonds is 6. The van der Waals surface area contributed by atoms with Gasteiger partial charge in [-0.15, -0.1) is 0 Å². The molecule has 1 aromatic heterocycles. The van der Waals surface area contributed by atoms with Crippen LogP contribution >= 0.6 is 0 Å². The molecular formula is C20H24N2O2. The Morgan fingerprint density at radius 3 is 2.79 bits per heavy atom. The molecule has 0 spiro atoms. The second-order valence-corrected chi connectivity index (χ2v) is 7.18. The third-order valence-corrected chi connectivity index (χ3v) is 5.42. The Hall–Kier alpha value is -2.07. The first-order valence-corrected chi connectivity index (χ1v) is 8.83. The number of hydrogen-bond acceptors (Lipinski definition) is 3. The number of carbonyl (C=O) groups excluding carboxylic acids is 1. The van der Waals surface area contributed by atoms with Crippen LogP contribution in [0.15, 0.2) is 53.3 Å². The molecule has 1 N–H and O–H groups in total. The second-order valence-electron chi connectivity index (χ2n) is 7.18. The predicted octanol–water partition coefficient (Wildman–Crippen LogP) is 2.95. The average Bonchev–Trinajstić information content (AvgIpc) is 3.04. The summed E-state index contributed by atoms with van der Waals surface area (Å²) in [7, 11) is 0. The van der Waals surface area contributed by atoms with E-state index in [-0.39, 0.29) is 11.3 Å². The van der Waals surface area contributed by atoms with E-state index in [0.29, 0.717) is 5.92 Å². The number of nitrogens with zero attached hydrogens (tertiary/aromatic N) is 1. The van der Waals surface area contributed by atoms with Crippen LogP contribution < -0.4 is 5.32 Å². The molecule has 2 heterocycles. The zero-order valence-corrected chi connectivity index (χ0v) is 13.9. The van der Waals surface area contributed by atoms with E-state index < -0.39 is 0 Å². The summed E-state index contributed by atoms with van der Waals surface area (Å²) in [5.41, 5.74) is 2.13. The Labute approximate surface area is 142 Å². The van der Waals surface area contributed by atoms with Crippen LogP contribution in [0, 0.1) is 5.92 Å². The minimum Gasteiger partial charge on any atom is -0.472 e. The molecule has 0 radical (unpaired) electrons. The van der Waals surface area contributed by atoms with Gasteiger partial charge < -0.3 is 9.73 Å². The van der Waals surface area contributed by atoms with Crippen LogP contribution in [0.25, 0.3) is 0 Å². The molecule has 2 aliphatic rings. The van der Waals surface area contributed by atoms with Crippen LogP contribution in [0.1, 0.15) is 30.4 Å². The Kier molecular flexibility index (Phi) is 4.15. The van der Waals surface area contributed by atoms with Crippen molar-refractivity contribution in [2.75, 3.05) is 19.6 Å². The monoisotopic (exact) mass is 324 g/mol. The zero-order valence-electron chi connectivity index (χ0n) is 13.9. The first kappa shape index (κ1) is 15.5. The third kappa shape index (κ3) is 3.11.